The number of sulfonamides is 1. The Morgan fingerprint density at radius 1 is 1.31 bits per heavy atom. The van der Waals surface area contributed by atoms with Crippen LogP contribution < -0.4 is 0 Å². The molecule has 2 aliphatic carbocycles. The average Bonchev–Trinajstić information content (AvgIpc) is 3.05. The molecule has 3 fully saturated rings. The summed E-state index contributed by atoms with van der Waals surface area (Å²) in [5.74, 6) is 0.911. The highest BCUT2D eigenvalue weighted by Crippen LogP contribution is 2.70. The Bertz CT molecular complexity index is 897. The van der Waals surface area contributed by atoms with E-state index in [4.69, 9.17) is 0 Å². The molecule has 1 spiro atoms. The molecule has 4 rings (SSSR count). The van der Waals surface area contributed by atoms with Crippen LogP contribution in [0.5, 0.6) is 0 Å². The number of benzene rings is 1. The second-order valence-electron chi connectivity index (χ2n) is 9.56. The van der Waals surface area contributed by atoms with E-state index in [1.54, 1.807) is 4.31 Å². The Kier molecular flexibility index (Phi) is 3.69. The summed E-state index contributed by atoms with van der Waals surface area (Å²) in [6.45, 7) is 8.73. The highest BCUT2D eigenvalue weighted by molar-refractivity contribution is 7.89. The Morgan fingerprint density at radius 2 is 2.00 bits per heavy atom. The number of hydrogen-bond acceptors (Lipinski definition) is 3. The van der Waals surface area contributed by atoms with Gasteiger partial charge in [-0.05, 0) is 55.6 Å². The van der Waals surface area contributed by atoms with Gasteiger partial charge in [-0.2, -0.15) is 9.57 Å². The van der Waals surface area contributed by atoms with Gasteiger partial charge in [-0.3, -0.25) is 0 Å². The second-order valence-corrected chi connectivity index (χ2v) is 11.5. The van der Waals surface area contributed by atoms with Crippen LogP contribution in [-0.4, -0.2) is 24.5 Å². The van der Waals surface area contributed by atoms with Gasteiger partial charge in [0.25, 0.3) is 0 Å². The van der Waals surface area contributed by atoms with Crippen LogP contribution in [0.1, 0.15) is 58.1 Å². The van der Waals surface area contributed by atoms with Gasteiger partial charge in [0.15, 0.2) is 0 Å². The summed E-state index contributed by atoms with van der Waals surface area (Å²) < 4.78 is 28.1. The van der Waals surface area contributed by atoms with Gasteiger partial charge in [-0.1, -0.05) is 38.1 Å². The van der Waals surface area contributed by atoms with Gasteiger partial charge in [0.1, 0.15) is 0 Å². The van der Waals surface area contributed by atoms with Crippen LogP contribution in [-0.2, 0) is 22.0 Å². The van der Waals surface area contributed by atoms with Crippen molar-refractivity contribution in [1.82, 2.24) is 4.31 Å². The maximum atomic E-state index is 13.1. The molecule has 0 N–H and O–H groups in total. The van der Waals surface area contributed by atoms with Crippen LogP contribution in [0, 0.1) is 28.1 Å². The third kappa shape index (κ3) is 2.18. The number of fused-ring (bicyclic) bond motifs is 1. The molecule has 1 aliphatic heterocycles. The van der Waals surface area contributed by atoms with E-state index in [1.807, 2.05) is 38.1 Å². The van der Waals surface area contributed by atoms with Crippen molar-refractivity contribution in [2.45, 2.75) is 65.0 Å². The molecule has 5 heteroatoms. The first-order valence-corrected chi connectivity index (χ1v) is 11.2. The number of rotatable bonds is 3. The fourth-order valence-electron chi connectivity index (χ4n) is 6.08. The van der Waals surface area contributed by atoms with Crippen molar-refractivity contribution in [3.63, 3.8) is 0 Å². The minimum Gasteiger partial charge on any atom is -0.212 e. The lowest BCUT2D eigenvalue weighted by molar-refractivity contribution is 0.112. The van der Waals surface area contributed by atoms with Crippen LogP contribution in [0.4, 0.5) is 0 Å². The molecule has 0 aromatic heterocycles. The number of nitriles is 1. The van der Waals surface area contributed by atoms with Crippen LogP contribution in [0.25, 0.3) is 0 Å². The first-order chi connectivity index (χ1) is 12.1. The lowest BCUT2D eigenvalue weighted by Gasteiger charge is -2.37. The van der Waals surface area contributed by atoms with Crippen molar-refractivity contribution in [1.29, 1.82) is 5.26 Å². The molecular formula is C21H28N2O2S. The predicted octanol–water partition coefficient (Wildman–Crippen LogP) is 3.83. The summed E-state index contributed by atoms with van der Waals surface area (Å²) in [5, 5.41) is 9.56. The normalized spacial score (nSPS) is 34.6. The fraction of sp³-hybridized carbons (Fsp3) is 0.667. The van der Waals surface area contributed by atoms with Crippen molar-refractivity contribution in [3.05, 3.63) is 35.4 Å². The van der Waals surface area contributed by atoms with Crippen molar-refractivity contribution in [2.24, 2.45) is 16.7 Å². The van der Waals surface area contributed by atoms with E-state index >= 15 is 0 Å². The van der Waals surface area contributed by atoms with Crippen molar-refractivity contribution in [3.8, 4) is 6.07 Å². The lowest BCUT2D eigenvalue weighted by atomic mass is 9.69. The van der Waals surface area contributed by atoms with Gasteiger partial charge in [0.05, 0.1) is 17.2 Å². The van der Waals surface area contributed by atoms with Crippen molar-refractivity contribution >= 4 is 10.0 Å². The standard InChI is InChI=1S/C21H28N2O2S/c1-19(2,13-22)17-8-6-5-7-15(17)12-23-18-11-16-9-10-21(18,20(16,3)4)14-26(23,24)25/h5-8,16,18H,9-12,14H2,1-4H3/t16-,18-,21-/m1/s1. The summed E-state index contributed by atoms with van der Waals surface area (Å²) in [6, 6.07) is 10.3. The summed E-state index contributed by atoms with van der Waals surface area (Å²) in [6.07, 6.45) is 3.16. The van der Waals surface area contributed by atoms with Crippen LogP contribution >= 0.6 is 0 Å². The summed E-state index contributed by atoms with van der Waals surface area (Å²) >= 11 is 0. The lowest BCUT2D eigenvalue weighted by Crippen LogP contribution is -2.41. The molecule has 3 atom stereocenters. The molecule has 1 saturated heterocycles. The SMILES string of the molecule is CC(C)(C#N)c1ccccc1CN1[C@@H]2C[C@H]3CC[C@]2(CS1(=O)=O)C3(C)C. The van der Waals surface area contributed by atoms with E-state index < -0.39 is 15.4 Å². The van der Waals surface area contributed by atoms with Crippen molar-refractivity contribution < 1.29 is 8.42 Å². The van der Waals surface area contributed by atoms with E-state index in [0.717, 1.165) is 30.4 Å². The van der Waals surface area contributed by atoms with Crippen molar-refractivity contribution in [2.75, 3.05) is 5.75 Å². The summed E-state index contributed by atoms with van der Waals surface area (Å²) in [4.78, 5) is 0. The Morgan fingerprint density at radius 3 is 2.65 bits per heavy atom. The number of nitrogens with zero attached hydrogens (tertiary/aromatic N) is 2. The molecule has 1 aromatic carbocycles. The average molecular weight is 373 g/mol. The van der Waals surface area contributed by atoms with Crippen LogP contribution in [0.3, 0.4) is 0 Å². The summed E-state index contributed by atoms with van der Waals surface area (Å²) in [7, 11) is -3.28. The van der Waals surface area contributed by atoms with Crippen LogP contribution in [0.15, 0.2) is 24.3 Å². The Labute approximate surface area is 157 Å². The second kappa shape index (κ2) is 5.33. The molecule has 1 heterocycles. The largest absolute Gasteiger partial charge is 0.215 e. The molecule has 4 nitrogen and oxygen atoms in total. The molecule has 0 amide bonds. The molecule has 2 bridgehead atoms. The van der Waals surface area contributed by atoms with Gasteiger partial charge < -0.3 is 0 Å². The van der Waals surface area contributed by atoms with Gasteiger partial charge in [0.2, 0.25) is 10.0 Å². The van der Waals surface area contributed by atoms with E-state index in [2.05, 4.69) is 19.9 Å². The predicted molar refractivity (Wildman–Crippen MR) is 102 cm³/mol. The zero-order valence-corrected chi connectivity index (χ0v) is 16.9. The topological polar surface area (TPSA) is 61.2 Å². The molecule has 0 unspecified atom stereocenters. The van der Waals surface area contributed by atoms with Crippen LogP contribution in [0.2, 0.25) is 0 Å². The maximum Gasteiger partial charge on any atom is 0.215 e. The van der Waals surface area contributed by atoms with E-state index in [9.17, 15) is 13.7 Å². The number of hydrogen-bond donors (Lipinski definition) is 0. The zero-order valence-electron chi connectivity index (χ0n) is 16.1. The molecule has 0 radical (unpaired) electrons. The smallest absolute Gasteiger partial charge is 0.212 e. The minimum absolute atomic E-state index is 0.0882. The first-order valence-electron chi connectivity index (χ1n) is 9.54. The van der Waals surface area contributed by atoms with Gasteiger partial charge in [0, 0.05) is 18.0 Å². The highest BCUT2D eigenvalue weighted by Gasteiger charge is 2.71. The Balaban J connectivity index is 1.74. The van der Waals surface area contributed by atoms with Gasteiger partial charge in [-0.25, -0.2) is 8.42 Å². The molecule has 140 valence electrons. The molecular weight excluding hydrogens is 344 g/mol. The molecule has 26 heavy (non-hydrogen) atoms. The Hall–Kier alpha value is -1.38. The maximum absolute atomic E-state index is 13.1. The van der Waals surface area contributed by atoms with E-state index in [-0.39, 0.29) is 22.6 Å². The third-order valence-electron chi connectivity index (χ3n) is 7.83. The van der Waals surface area contributed by atoms with E-state index in [0.29, 0.717) is 12.5 Å². The minimum atomic E-state index is -3.28. The first kappa shape index (κ1) is 18.0. The molecule has 2 saturated carbocycles. The van der Waals surface area contributed by atoms with Gasteiger partial charge >= 0.3 is 0 Å². The molecule has 3 aliphatic rings. The van der Waals surface area contributed by atoms with Gasteiger partial charge in [-0.15, -0.1) is 0 Å². The third-order valence-corrected chi connectivity index (χ3v) is 9.81. The fourth-order valence-corrected chi connectivity index (χ4v) is 8.62. The molecule has 1 aromatic rings. The quantitative estimate of drug-likeness (QED) is 0.810. The monoisotopic (exact) mass is 372 g/mol. The summed E-state index contributed by atoms with van der Waals surface area (Å²) in [5.41, 5.74) is 1.24. The van der Waals surface area contributed by atoms with E-state index in [1.165, 1.54) is 0 Å². The zero-order chi connectivity index (χ0) is 19.0. The highest BCUT2D eigenvalue weighted by atomic mass is 32.2.